The molecular weight excluding hydrogens is 434 g/mol. The lowest BCUT2D eigenvalue weighted by Gasteiger charge is -2.32. The summed E-state index contributed by atoms with van der Waals surface area (Å²) in [5.74, 6) is 0.625. The molecule has 0 bridgehead atoms. The molecular formula is C21H23N5O5S. The molecule has 11 heteroatoms. The number of aromatic amines is 1. The fraction of sp³-hybridized carbons (Fsp3) is 0.333. The summed E-state index contributed by atoms with van der Waals surface area (Å²) in [6.45, 7) is 1.19. The van der Waals surface area contributed by atoms with Crippen molar-refractivity contribution in [2.24, 2.45) is 10.9 Å². The van der Waals surface area contributed by atoms with Gasteiger partial charge in [0.2, 0.25) is 5.50 Å². The molecule has 4 heterocycles. The Bertz CT molecular complexity index is 1180. The van der Waals surface area contributed by atoms with Gasteiger partial charge in [0, 0.05) is 36.5 Å². The lowest BCUT2D eigenvalue weighted by molar-refractivity contribution is 0.0844. The average Bonchev–Trinajstić information content (AvgIpc) is 3.42. The van der Waals surface area contributed by atoms with Gasteiger partial charge in [-0.15, -0.1) is 0 Å². The monoisotopic (exact) mass is 457 g/mol. The third-order valence-corrected chi connectivity index (χ3v) is 6.89. The highest BCUT2D eigenvalue weighted by Gasteiger charge is 2.44. The number of rotatable bonds is 4. The van der Waals surface area contributed by atoms with Crippen LogP contribution in [0.3, 0.4) is 0 Å². The van der Waals surface area contributed by atoms with E-state index in [1.54, 1.807) is 11.1 Å². The van der Waals surface area contributed by atoms with Crippen molar-refractivity contribution in [3.05, 3.63) is 59.4 Å². The molecule has 0 spiro atoms. The van der Waals surface area contributed by atoms with Gasteiger partial charge in [-0.3, -0.25) is 9.45 Å². The van der Waals surface area contributed by atoms with Crippen molar-refractivity contribution < 1.29 is 22.5 Å². The van der Waals surface area contributed by atoms with Crippen LogP contribution in [-0.2, 0) is 21.5 Å². The predicted molar refractivity (Wildman–Crippen MR) is 117 cm³/mol. The third-order valence-electron chi connectivity index (χ3n) is 5.99. The second-order valence-electron chi connectivity index (χ2n) is 7.97. The van der Waals surface area contributed by atoms with Gasteiger partial charge in [-0.25, -0.2) is 9.79 Å². The highest BCUT2D eigenvalue weighted by Crippen LogP contribution is 2.42. The van der Waals surface area contributed by atoms with Crippen LogP contribution >= 0.6 is 0 Å². The van der Waals surface area contributed by atoms with E-state index >= 15 is 0 Å². The average molecular weight is 458 g/mol. The second kappa shape index (κ2) is 7.99. The number of benzene rings is 1. The van der Waals surface area contributed by atoms with Crippen LogP contribution in [0.4, 0.5) is 10.6 Å². The number of allylic oxidation sites excluding steroid dienone is 1. The Balaban J connectivity index is 1.30. The molecule has 0 saturated carbocycles. The molecule has 0 radical (unpaired) electrons. The molecule has 3 aliphatic heterocycles. The van der Waals surface area contributed by atoms with E-state index < -0.39 is 15.6 Å². The number of ether oxygens (including phenoxy) is 1. The van der Waals surface area contributed by atoms with Crippen molar-refractivity contribution in [2.45, 2.75) is 24.9 Å². The van der Waals surface area contributed by atoms with E-state index in [0.29, 0.717) is 37.4 Å². The molecule has 3 aliphatic rings. The Morgan fingerprint density at radius 2 is 1.94 bits per heavy atom. The summed E-state index contributed by atoms with van der Waals surface area (Å²) >= 11 is 0. The minimum atomic E-state index is -4.40. The fourth-order valence-electron chi connectivity index (χ4n) is 4.40. The number of fused-ring (bicyclic) bond motifs is 3. The molecule has 32 heavy (non-hydrogen) atoms. The zero-order valence-corrected chi connectivity index (χ0v) is 18.0. The Labute approximate surface area is 185 Å². The minimum absolute atomic E-state index is 0.00771. The molecule has 1 aromatic carbocycles. The van der Waals surface area contributed by atoms with E-state index in [0.717, 1.165) is 16.8 Å². The van der Waals surface area contributed by atoms with Gasteiger partial charge in [0.15, 0.2) is 0 Å². The molecule has 168 valence electrons. The van der Waals surface area contributed by atoms with Crippen LogP contribution in [0, 0.1) is 5.92 Å². The van der Waals surface area contributed by atoms with Gasteiger partial charge in [-0.2, -0.15) is 8.42 Å². The number of amides is 1. The summed E-state index contributed by atoms with van der Waals surface area (Å²) in [5.41, 5.74) is 1.79. The zero-order chi connectivity index (χ0) is 22.3. The number of aromatic nitrogens is 1. The van der Waals surface area contributed by atoms with E-state index in [4.69, 9.17) is 4.74 Å². The summed E-state index contributed by atoms with van der Waals surface area (Å²) in [7, 11) is -4.40. The van der Waals surface area contributed by atoms with E-state index in [9.17, 15) is 17.8 Å². The van der Waals surface area contributed by atoms with E-state index in [1.807, 2.05) is 36.4 Å². The van der Waals surface area contributed by atoms with Crippen molar-refractivity contribution in [3.63, 3.8) is 0 Å². The number of piperidine rings is 1. The Hall–Kier alpha value is -3.31. The van der Waals surface area contributed by atoms with Crippen molar-refractivity contribution in [3.8, 4) is 0 Å². The summed E-state index contributed by atoms with van der Waals surface area (Å²) < 4.78 is 39.1. The van der Waals surface area contributed by atoms with E-state index in [2.05, 4.69) is 15.3 Å². The number of hydrogen-bond acceptors (Lipinski definition) is 7. The first-order valence-electron chi connectivity index (χ1n) is 10.3. The van der Waals surface area contributed by atoms with Crippen molar-refractivity contribution >= 4 is 34.1 Å². The van der Waals surface area contributed by atoms with Gasteiger partial charge >= 0.3 is 16.2 Å². The normalized spacial score (nSPS) is 20.7. The molecule has 1 atom stereocenters. The summed E-state index contributed by atoms with van der Waals surface area (Å²) in [4.78, 5) is 22.9. The number of H-pyrrole nitrogens is 1. The summed E-state index contributed by atoms with van der Waals surface area (Å²) in [5, 5.41) is 2.99. The maximum atomic E-state index is 12.5. The van der Waals surface area contributed by atoms with Gasteiger partial charge in [0.1, 0.15) is 18.8 Å². The van der Waals surface area contributed by atoms with E-state index in [-0.39, 0.29) is 18.6 Å². The van der Waals surface area contributed by atoms with Crippen molar-refractivity contribution in [2.75, 3.05) is 13.1 Å². The van der Waals surface area contributed by atoms with Crippen LogP contribution in [0.5, 0.6) is 0 Å². The van der Waals surface area contributed by atoms with Gasteiger partial charge in [0.25, 0.3) is 0 Å². The summed E-state index contributed by atoms with van der Waals surface area (Å²) in [6.07, 6.45) is 4.05. The van der Waals surface area contributed by atoms with E-state index in [1.165, 1.54) is 11.2 Å². The Morgan fingerprint density at radius 1 is 1.19 bits per heavy atom. The first-order chi connectivity index (χ1) is 15.4. The molecule has 1 unspecified atom stereocenters. The van der Waals surface area contributed by atoms with Crippen LogP contribution in [-0.4, -0.2) is 58.8 Å². The molecule has 3 N–H and O–H groups in total. The highest BCUT2D eigenvalue weighted by atomic mass is 32.2. The molecule has 1 aromatic heterocycles. The van der Waals surface area contributed by atoms with Crippen molar-refractivity contribution in [1.29, 1.82) is 0 Å². The lowest BCUT2D eigenvalue weighted by Crippen LogP contribution is -2.44. The SMILES string of the molecule is O=C(OCc1ccccc1)N1CCC(C2=C3c4cc[nH]c4N=CN3C(S(=O)(=O)O)N2)CC1. The highest BCUT2D eigenvalue weighted by molar-refractivity contribution is 7.86. The standard InChI is InChI=1S/C21H23N5O5S/c27-21(31-12-14-4-2-1-3-5-14)25-10-7-15(8-11-25)17-18-16-6-9-22-19(16)23-13-26(18)20(24-17)32(28,29)30/h1-6,9,13,15,20,22,24H,7-8,10-12H2,(H,28,29,30). The Kier molecular flexibility index (Phi) is 5.14. The largest absolute Gasteiger partial charge is 0.445 e. The topological polar surface area (TPSA) is 127 Å². The maximum Gasteiger partial charge on any atom is 0.410 e. The van der Waals surface area contributed by atoms with Crippen LogP contribution in [0.15, 0.2) is 53.3 Å². The number of aliphatic imine (C=N–C) groups is 1. The molecule has 5 rings (SSSR count). The van der Waals surface area contributed by atoms with Gasteiger partial charge in [-0.05, 0) is 24.5 Å². The molecule has 1 fully saturated rings. The van der Waals surface area contributed by atoms with Gasteiger partial charge in [-0.1, -0.05) is 30.3 Å². The number of hydrogen-bond donors (Lipinski definition) is 3. The smallest absolute Gasteiger partial charge is 0.410 e. The molecule has 2 aromatic rings. The first kappa shape index (κ1) is 20.6. The molecule has 1 saturated heterocycles. The number of carbonyl (C=O) groups is 1. The number of carbonyl (C=O) groups excluding carboxylic acids is 1. The van der Waals surface area contributed by atoms with Crippen molar-refractivity contribution in [1.82, 2.24) is 20.1 Å². The first-order valence-corrected chi connectivity index (χ1v) is 11.8. The quantitative estimate of drug-likeness (QED) is 0.602. The number of likely N-dealkylation sites (tertiary alicyclic amines) is 1. The predicted octanol–water partition coefficient (Wildman–Crippen LogP) is 2.48. The number of nitrogens with zero attached hydrogens (tertiary/aromatic N) is 3. The summed E-state index contributed by atoms with van der Waals surface area (Å²) in [6, 6.07) is 11.3. The molecule has 1 amide bonds. The number of nitrogens with one attached hydrogen (secondary N) is 2. The second-order valence-corrected chi connectivity index (χ2v) is 9.44. The van der Waals surface area contributed by atoms with Crippen LogP contribution < -0.4 is 5.32 Å². The lowest BCUT2D eigenvalue weighted by atomic mass is 9.91. The zero-order valence-electron chi connectivity index (χ0n) is 17.1. The van der Waals surface area contributed by atoms with Crippen LogP contribution in [0.1, 0.15) is 24.0 Å². The minimum Gasteiger partial charge on any atom is -0.445 e. The Morgan fingerprint density at radius 3 is 2.66 bits per heavy atom. The third kappa shape index (κ3) is 3.73. The van der Waals surface area contributed by atoms with Crippen LogP contribution in [0.25, 0.3) is 5.70 Å². The van der Waals surface area contributed by atoms with Gasteiger partial charge in [0.05, 0.1) is 5.70 Å². The fourth-order valence-corrected chi connectivity index (χ4v) is 5.12. The molecule has 10 nitrogen and oxygen atoms in total. The van der Waals surface area contributed by atoms with Gasteiger partial charge < -0.3 is 19.9 Å². The van der Waals surface area contributed by atoms with Crippen LogP contribution in [0.2, 0.25) is 0 Å². The maximum absolute atomic E-state index is 12.5. The molecule has 0 aliphatic carbocycles.